The van der Waals surface area contributed by atoms with Gasteiger partial charge in [-0.1, -0.05) is 248 Å². The maximum Gasteiger partial charge on any atom is 0.252 e. The van der Waals surface area contributed by atoms with E-state index in [0.717, 1.165) is 194 Å². The zero-order valence-corrected chi connectivity index (χ0v) is 51.0. The predicted octanol–water partition coefficient (Wildman–Crippen LogP) is 23.0. The lowest BCUT2D eigenvalue weighted by atomic mass is 9.33. The number of para-hydroxylation sites is 10. The van der Waals surface area contributed by atoms with Crippen molar-refractivity contribution < 1.29 is 17.7 Å². The Morgan fingerprint density at radius 3 is 0.903 bits per heavy atom. The molecule has 6 nitrogen and oxygen atoms in total. The van der Waals surface area contributed by atoms with E-state index in [9.17, 15) is 0 Å². The number of halogens is 2. The Morgan fingerprint density at radius 1 is 0.247 bits per heavy atom. The van der Waals surface area contributed by atoms with Crippen LogP contribution in [0.2, 0.25) is 10.0 Å². The second-order valence-corrected chi connectivity index (χ2v) is 25.2. The Kier molecular flexibility index (Phi) is 11.3. The van der Waals surface area contributed by atoms with Crippen LogP contribution in [0.1, 0.15) is 0 Å². The van der Waals surface area contributed by atoms with Crippen molar-refractivity contribution in [2.24, 2.45) is 0 Å². The molecular weight excluding hydrogens is 1180 g/mol. The maximum atomic E-state index is 7.49. The van der Waals surface area contributed by atoms with Crippen molar-refractivity contribution in [1.29, 1.82) is 0 Å². The van der Waals surface area contributed by atoms with Gasteiger partial charge in [-0.2, -0.15) is 0 Å². The topological polar surface area (TPSA) is 59.0 Å². The van der Waals surface area contributed by atoms with Crippen LogP contribution < -0.4 is 26.2 Å². The first-order valence-corrected chi connectivity index (χ1v) is 32.0. The number of nitrogens with zero attached hydrogens (tertiary/aromatic N) is 2. The van der Waals surface area contributed by atoms with Gasteiger partial charge in [0.05, 0.1) is 11.4 Å². The van der Waals surface area contributed by atoms with Crippen LogP contribution >= 0.6 is 23.2 Å². The van der Waals surface area contributed by atoms with Crippen molar-refractivity contribution in [3.05, 3.63) is 295 Å². The lowest BCUT2D eigenvalue weighted by molar-refractivity contribution is 0.669. The molecule has 0 saturated heterocycles. The number of hydrogen-bond acceptors (Lipinski definition) is 6. The van der Waals surface area contributed by atoms with Gasteiger partial charge in [-0.25, -0.2) is 0 Å². The first-order chi connectivity index (χ1) is 46.0. The monoisotopic (exact) mass is 1230 g/mol. The van der Waals surface area contributed by atoms with Crippen molar-refractivity contribution in [3.63, 3.8) is 0 Å². The van der Waals surface area contributed by atoms with Gasteiger partial charge in [-0.3, -0.25) is 0 Å². The van der Waals surface area contributed by atoms with Gasteiger partial charge in [0.25, 0.3) is 6.71 Å². The summed E-state index contributed by atoms with van der Waals surface area (Å²) in [6.45, 7) is -0.326. The molecule has 0 bridgehead atoms. The molecule has 2 aliphatic heterocycles. The van der Waals surface area contributed by atoms with Gasteiger partial charge in [-0.15, -0.1) is 0 Å². The van der Waals surface area contributed by atoms with Crippen LogP contribution in [0.5, 0.6) is 0 Å². The minimum absolute atomic E-state index is 0.326. The predicted molar refractivity (Wildman–Crippen MR) is 387 cm³/mol. The highest BCUT2D eigenvalue weighted by Crippen LogP contribution is 2.56. The van der Waals surface area contributed by atoms with Gasteiger partial charge in [-0.05, 0) is 88.2 Å². The molecule has 14 aromatic carbocycles. The summed E-state index contributed by atoms with van der Waals surface area (Å²) >= 11 is 15.0. The van der Waals surface area contributed by atoms with Crippen molar-refractivity contribution in [2.75, 3.05) is 9.80 Å². The molecule has 0 spiro atoms. The summed E-state index contributed by atoms with van der Waals surface area (Å²) in [5.74, 6) is 0. The molecule has 2 aliphatic rings. The highest BCUT2D eigenvalue weighted by molar-refractivity contribution is 7.00. The minimum atomic E-state index is -0.326. The summed E-state index contributed by atoms with van der Waals surface area (Å²) in [4.78, 5) is 4.99. The number of benzene rings is 14. The van der Waals surface area contributed by atoms with Crippen molar-refractivity contribution in [3.8, 4) is 55.6 Å². The molecule has 0 amide bonds. The van der Waals surface area contributed by atoms with Crippen LogP contribution in [0, 0.1) is 0 Å². The third kappa shape index (κ3) is 7.66. The molecule has 0 atom stereocenters. The number of anilines is 6. The highest BCUT2D eigenvalue weighted by Gasteiger charge is 2.46. The highest BCUT2D eigenvalue weighted by atomic mass is 35.5. The Hall–Kier alpha value is -11.5. The van der Waals surface area contributed by atoms with E-state index in [2.05, 4.69) is 259 Å². The number of rotatable bonds is 7. The fourth-order valence-corrected chi connectivity index (χ4v) is 15.8. The number of fused-ring (bicyclic) bond motifs is 16. The third-order valence-electron chi connectivity index (χ3n) is 19.4. The van der Waals surface area contributed by atoms with E-state index in [1.54, 1.807) is 0 Å². The summed E-state index contributed by atoms with van der Waals surface area (Å²) < 4.78 is 28.2. The molecule has 0 N–H and O–H groups in total. The van der Waals surface area contributed by atoms with Crippen LogP contribution in [0.3, 0.4) is 0 Å². The van der Waals surface area contributed by atoms with Gasteiger partial charge in [0.15, 0.2) is 0 Å². The second kappa shape index (κ2) is 20.0. The van der Waals surface area contributed by atoms with Crippen molar-refractivity contribution >= 4 is 168 Å². The Labute approximate surface area is 543 Å². The van der Waals surface area contributed by atoms with Gasteiger partial charge in [0.2, 0.25) is 0 Å². The van der Waals surface area contributed by atoms with Crippen LogP contribution in [-0.4, -0.2) is 6.71 Å². The van der Waals surface area contributed by atoms with Crippen molar-refractivity contribution in [1.82, 2.24) is 0 Å². The SMILES string of the molecule is Clc1ccc2c(c1)N(c1c(-c3cccc4c3oc3ccccc34)cccc1-c1cccc3c1oc1ccccc13)c1cc(-c3ccccc3)cc3c1B2c1ccc(Cl)cc1N3c1c(-c2cccc3c2oc2ccccc23)cccc1-c1cccc2c1oc1ccccc12. The molecule has 9 heteroatoms. The molecule has 93 heavy (non-hydrogen) atoms. The molecule has 20 rings (SSSR count). The summed E-state index contributed by atoms with van der Waals surface area (Å²) in [5.41, 5.74) is 25.0. The van der Waals surface area contributed by atoms with Gasteiger partial charge >= 0.3 is 0 Å². The van der Waals surface area contributed by atoms with Crippen LogP contribution in [-0.2, 0) is 0 Å². The Bertz CT molecular complexity index is 5600. The Morgan fingerprint density at radius 2 is 0.548 bits per heavy atom. The summed E-state index contributed by atoms with van der Waals surface area (Å²) in [6, 6.07) is 101. The zero-order valence-electron chi connectivity index (χ0n) is 49.5. The largest absolute Gasteiger partial charge is 0.455 e. The Balaban J connectivity index is 0.951. The number of furan rings is 4. The lowest BCUT2D eigenvalue weighted by Gasteiger charge is -2.46. The van der Waals surface area contributed by atoms with Crippen LogP contribution in [0.25, 0.3) is 143 Å². The normalized spacial score (nSPS) is 12.8. The molecule has 6 heterocycles. The summed E-state index contributed by atoms with van der Waals surface area (Å²) in [5, 5.41) is 9.52. The molecule has 18 aromatic rings. The van der Waals surface area contributed by atoms with E-state index in [1.807, 2.05) is 36.4 Å². The van der Waals surface area contributed by atoms with Crippen molar-refractivity contribution in [2.45, 2.75) is 0 Å². The molecule has 4 aromatic heterocycles. The second-order valence-electron chi connectivity index (χ2n) is 24.3. The molecule has 0 fully saturated rings. The standard InChI is InChI=1S/C84H47BCl2N2O4/c86-50-40-42-68-70(46-50)88(79-56(64-32-14-28-60-52-20-4-8-36-74(52)90-81(60)64)24-12-25-57(79)65-33-15-29-61-53-21-5-9-37-75(53)91-82(61)65)72-44-49(48-18-2-1-3-19-48)45-73-78(72)85(68)69-43-41-51(87)47-71(69)89(73)80-58(66-34-16-30-62-54-22-6-10-38-76(54)92-83(62)66)26-13-27-59(80)67-35-17-31-63-55-23-7-11-39-77(55)93-84(63)67/h1-47H. The summed E-state index contributed by atoms with van der Waals surface area (Å²) in [7, 11) is 0. The summed E-state index contributed by atoms with van der Waals surface area (Å²) in [6.07, 6.45) is 0. The lowest BCUT2D eigenvalue weighted by Crippen LogP contribution is -2.61. The number of hydrogen-bond donors (Lipinski definition) is 0. The molecule has 434 valence electrons. The smallest absolute Gasteiger partial charge is 0.252 e. The van der Waals surface area contributed by atoms with Gasteiger partial charge < -0.3 is 27.5 Å². The van der Waals surface area contributed by atoms with E-state index in [4.69, 9.17) is 40.9 Å². The maximum absolute atomic E-state index is 7.49. The first-order valence-electron chi connectivity index (χ1n) is 31.3. The van der Waals surface area contributed by atoms with E-state index in [0.29, 0.717) is 10.0 Å². The van der Waals surface area contributed by atoms with E-state index in [1.165, 1.54) is 0 Å². The van der Waals surface area contributed by atoms with Crippen LogP contribution in [0.4, 0.5) is 34.1 Å². The molecular formula is C84H47BCl2N2O4. The minimum Gasteiger partial charge on any atom is -0.455 e. The van der Waals surface area contributed by atoms with Crippen LogP contribution in [0.15, 0.2) is 303 Å². The van der Waals surface area contributed by atoms with Gasteiger partial charge in [0.1, 0.15) is 44.7 Å². The average molecular weight is 1230 g/mol. The molecule has 0 unspecified atom stereocenters. The average Bonchev–Trinajstić information content (AvgIpc) is 1.09. The van der Waals surface area contributed by atoms with E-state index < -0.39 is 0 Å². The quantitative estimate of drug-likeness (QED) is 0.148. The van der Waals surface area contributed by atoms with E-state index >= 15 is 0 Å². The third-order valence-corrected chi connectivity index (χ3v) is 19.9. The zero-order chi connectivity index (χ0) is 61.2. The first kappa shape index (κ1) is 52.3. The van der Waals surface area contributed by atoms with Gasteiger partial charge in [0, 0.05) is 120 Å². The van der Waals surface area contributed by atoms with E-state index in [-0.39, 0.29) is 6.71 Å². The fraction of sp³-hybridized carbons (Fsp3) is 0. The molecule has 0 radical (unpaired) electrons. The molecule has 0 saturated carbocycles. The fourth-order valence-electron chi connectivity index (χ4n) is 15.5. The molecule has 0 aliphatic carbocycles.